The third-order valence-corrected chi connectivity index (χ3v) is 2.80. The molecule has 0 aromatic heterocycles. The van der Waals surface area contributed by atoms with E-state index in [9.17, 15) is 9.59 Å². The van der Waals surface area contributed by atoms with Crippen LogP contribution in [0.4, 0.5) is 0 Å². The number of aliphatic carboxylic acids is 1. The van der Waals surface area contributed by atoms with Gasteiger partial charge in [0.25, 0.3) is 0 Å². The Labute approximate surface area is 95.2 Å². The van der Waals surface area contributed by atoms with Crippen molar-refractivity contribution in [2.75, 3.05) is 13.2 Å². The first kappa shape index (κ1) is 13.0. The summed E-state index contributed by atoms with van der Waals surface area (Å²) in [5, 5.41) is 11.2. The molecule has 0 radical (unpaired) electrons. The third kappa shape index (κ3) is 4.18. The van der Waals surface area contributed by atoms with Crippen molar-refractivity contribution in [1.82, 2.24) is 5.32 Å². The van der Waals surface area contributed by atoms with E-state index in [2.05, 4.69) is 5.32 Å². The fraction of sp³-hybridized carbons (Fsp3) is 0.818. The van der Waals surface area contributed by atoms with Crippen LogP contribution in [0, 0.1) is 5.92 Å². The molecule has 5 nitrogen and oxygen atoms in total. The average Bonchev–Trinajstić information content (AvgIpc) is 2.29. The van der Waals surface area contributed by atoms with E-state index in [0.29, 0.717) is 6.54 Å². The number of carbonyl (C=O) groups excluding carboxylic acids is 1. The van der Waals surface area contributed by atoms with E-state index < -0.39 is 17.8 Å². The fourth-order valence-electron chi connectivity index (χ4n) is 1.66. The Morgan fingerprint density at radius 1 is 1.50 bits per heavy atom. The largest absolute Gasteiger partial charge is 0.481 e. The molecule has 92 valence electrons. The summed E-state index contributed by atoms with van der Waals surface area (Å²) in [4.78, 5) is 21.8. The van der Waals surface area contributed by atoms with Crippen LogP contribution in [-0.4, -0.2) is 36.2 Å². The van der Waals surface area contributed by atoms with Crippen molar-refractivity contribution in [3.8, 4) is 0 Å². The molecule has 0 saturated carbocycles. The van der Waals surface area contributed by atoms with Crippen LogP contribution in [0.2, 0.25) is 0 Å². The molecule has 2 atom stereocenters. The van der Waals surface area contributed by atoms with Gasteiger partial charge in [-0.15, -0.1) is 0 Å². The average molecular weight is 229 g/mol. The highest BCUT2D eigenvalue weighted by molar-refractivity contribution is 5.96. The van der Waals surface area contributed by atoms with E-state index >= 15 is 0 Å². The quantitative estimate of drug-likeness (QED) is 0.683. The maximum absolute atomic E-state index is 11.3. The van der Waals surface area contributed by atoms with Crippen LogP contribution in [0.3, 0.4) is 0 Å². The molecule has 2 N–H and O–H groups in total. The van der Waals surface area contributed by atoms with E-state index in [4.69, 9.17) is 9.84 Å². The second-order valence-corrected chi connectivity index (χ2v) is 4.13. The number of carboxylic acid groups (broad SMARTS) is 1. The normalized spacial score (nSPS) is 22.4. The number of rotatable bonds is 5. The Morgan fingerprint density at radius 2 is 2.25 bits per heavy atom. The van der Waals surface area contributed by atoms with Crippen LogP contribution in [0.1, 0.15) is 32.6 Å². The van der Waals surface area contributed by atoms with Gasteiger partial charge in [-0.1, -0.05) is 0 Å². The molecule has 0 aromatic carbocycles. The lowest BCUT2D eigenvalue weighted by Crippen LogP contribution is -2.35. The van der Waals surface area contributed by atoms with Gasteiger partial charge in [-0.25, -0.2) is 0 Å². The highest BCUT2D eigenvalue weighted by Gasteiger charge is 2.20. The lowest BCUT2D eigenvalue weighted by molar-refractivity contribution is -0.146. The van der Waals surface area contributed by atoms with E-state index in [1.54, 1.807) is 0 Å². The molecule has 1 rings (SSSR count). The highest BCUT2D eigenvalue weighted by atomic mass is 16.5. The van der Waals surface area contributed by atoms with Crippen LogP contribution >= 0.6 is 0 Å². The molecule has 1 fully saturated rings. The van der Waals surface area contributed by atoms with E-state index in [-0.39, 0.29) is 6.10 Å². The molecule has 1 aliphatic rings. The molecule has 1 aliphatic heterocycles. The van der Waals surface area contributed by atoms with E-state index in [1.807, 2.05) is 0 Å². The molecule has 5 heteroatoms. The first-order chi connectivity index (χ1) is 7.61. The second-order valence-electron chi connectivity index (χ2n) is 4.13. The molecular weight excluding hydrogens is 210 g/mol. The molecule has 0 aromatic rings. The van der Waals surface area contributed by atoms with Gasteiger partial charge < -0.3 is 15.2 Å². The number of ether oxygens (including phenoxy) is 1. The molecular formula is C11H19NO4. The van der Waals surface area contributed by atoms with Crippen molar-refractivity contribution in [2.45, 2.75) is 38.7 Å². The van der Waals surface area contributed by atoms with Crippen LogP contribution in [0.15, 0.2) is 0 Å². The first-order valence-electron chi connectivity index (χ1n) is 5.73. The summed E-state index contributed by atoms with van der Waals surface area (Å²) in [6, 6.07) is 0. The van der Waals surface area contributed by atoms with Gasteiger partial charge in [0.05, 0.1) is 6.10 Å². The minimum Gasteiger partial charge on any atom is -0.481 e. The lowest BCUT2D eigenvalue weighted by Gasteiger charge is -2.22. The van der Waals surface area contributed by atoms with Gasteiger partial charge in [0, 0.05) is 13.2 Å². The molecule has 1 heterocycles. The zero-order chi connectivity index (χ0) is 12.0. The zero-order valence-corrected chi connectivity index (χ0v) is 9.57. The monoisotopic (exact) mass is 229 g/mol. The maximum atomic E-state index is 11.3. The smallest absolute Gasteiger partial charge is 0.315 e. The van der Waals surface area contributed by atoms with Gasteiger partial charge in [0.2, 0.25) is 5.91 Å². The van der Waals surface area contributed by atoms with Crippen LogP contribution in [0.25, 0.3) is 0 Å². The number of carbonyl (C=O) groups is 2. The molecule has 0 spiro atoms. The van der Waals surface area contributed by atoms with Gasteiger partial charge in [0.1, 0.15) is 5.92 Å². The summed E-state index contributed by atoms with van der Waals surface area (Å²) in [7, 11) is 0. The van der Waals surface area contributed by atoms with Gasteiger partial charge in [-0.05, 0) is 32.6 Å². The molecule has 1 amide bonds. The summed E-state index contributed by atoms with van der Waals surface area (Å²) in [6.07, 6.45) is 4.29. The van der Waals surface area contributed by atoms with Gasteiger partial charge in [-0.2, -0.15) is 0 Å². The van der Waals surface area contributed by atoms with E-state index in [0.717, 1.165) is 25.9 Å². The van der Waals surface area contributed by atoms with Gasteiger partial charge >= 0.3 is 5.97 Å². The van der Waals surface area contributed by atoms with Crippen molar-refractivity contribution in [3.63, 3.8) is 0 Å². The number of nitrogens with one attached hydrogen (secondary N) is 1. The van der Waals surface area contributed by atoms with Crippen molar-refractivity contribution in [3.05, 3.63) is 0 Å². The summed E-state index contributed by atoms with van der Waals surface area (Å²) >= 11 is 0. The lowest BCUT2D eigenvalue weighted by atomic mass is 10.1. The first-order valence-corrected chi connectivity index (χ1v) is 5.73. The van der Waals surface area contributed by atoms with Crippen molar-refractivity contribution >= 4 is 11.9 Å². The molecule has 2 unspecified atom stereocenters. The number of amides is 1. The Kier molecular flexibility index (Phi) is 5.25. The van der Waals surface area contributed by atoms with Crippen molar-refractivity contribution < 1.29 is 19.4 Å². The number of hydrogen-bond donors (Lipinski definition) is 2. The molecule has 0 aliphatic carbocycles. The Bertz CT molecular complexity index is 248. The maximum Gasteiger partial charge on any atom is 0.315 e. The van der Waals surface area contributed by atoms with Crippen molar-refractivity contribution in [2.24, 2.45) is 5.92 Å². The summed E-state index contributed by atoms with van der Waals surface area (Å²) < 4.78 is 5.50. The van der Waals surface area contributed by atoms with Crippen LogP contribution in [-0.2, 0) is 14.3 Å². The number of carboxylic acids is 1. The highest BCUT2D eigenvalue weighted by Crippen LogP contribution is 2.14. The van der Waals surface area contributed by atoms with Gasteiger partial charge in [-0.3, -0.25) is 9.59 Å². The fourth-order valence-corrected chi connectivity index (χ4v) is 1.66. The Hall–Kier alpha value is -1.10. The minimum atomic E-state index is -1.09. The Balaban J connectivity index is 2.14. The topological polar surface area (TPSA) is 75.6 Å². The standard InChI is InChI=1S/C11H19NO4/c1-8(11(14)15)10(13)12-6-5-9-4-2-3-7-16-9/h8-9H,2-7H2,1H3,(H,12,13)(H,14,15). The summed E-state index contributed by atoms with van der Waals surface area (Å²) in [5.74, 6) is -2.50. The van der Waals surface area contributed by atoms with E-state index in [1.165, 1.54) is 13.3 Å². The predicted octanol–water partition coefficient (Wildman–Crippen LogP) is 0.782. The van der Waals surface area contributed by atoms with Crippen LogP contribution < -0.4 is 5.32 Å². The minimum absolute atomic E-state index is 0.217. The molecule has 1 saturated heterocycles. The number of hydrogen-bond acceptors (Lipinski definition) is 3. The SMILES string of the molecule is CC(C(=O)O)C(=O)NCCC1CCCCO1. The zero-order valence-electron chi connectivity index (χ0n) is 9.57. The predicted molar refractivity (Wildman–Crippen MR) is 58.0 cm³/mol. The van der Waals surface area contributed by atoms with Gasteiger partial charge in [0.15, 0.2) is 0 Å². The molecule has 16 heavy (non-hydrogen) atoms. The summed E-state index contributed by atoms with van der Waals surface area (Å²) in [6.45, 7) is 2.67. The second kappa shape index (κ2) is 6.48. The van der Waals surface area contributed by atoms with Crippen LogP contribution in [0.5, 0.6) is 0 Å². The third-order valence-electron chi connectivity index (χ3n) is 2.80. The summed E-state index contributed by atoms with van der Waals surface area (Å²) in [5.41, 5.74) is 0. The Morgan fingerprint density at radius 3 is 2.81 bits per heavy atom. The molecule has 0 bridgehead atoms. The van der Waals surface area contributed by atoms with Crippen molar-refractivity contribution in [1.29, 1.82) is 0 Å².